The molecule has 0 fully saturated rings. The summed E-state index contributed by atoms with van der Waals surface area (Å²) >= 11 is 5.87. The van der Waals surface area contributed by atoms with Gasteiger partial charge in [0.1, 0.15) is 5.82 Å². The number of benzene rings is 2. The van der Waals surface area contributed by atoms with Gasteiger partial charge in [-0.05, 0) is 42.5 Å². The lowest BCUT2D eigenvalue weighted by molar-refractivity contribution is 0.608. The molecule has 0 heterocycles. The van der Waals surface area contributed by atoms with Crippen LogP contribution in [0.1, 0.15) is 5.56 Å². The van der Waals surface area contributed by atoms with E-state index in [0.717, 1.165) is 5.69 Å². The average Bonchev–Trinajstić information content (AvgIpc) is 2.34. The van der Waals surface area contributed by atoms with Crippen LogP contribution in [0.25, 0.3) is 0 Å². The molecule has 0 amide bonds. The van der Waals surface area contributed by atoms with Crippen LogP contribution < -0.4 is 10.6 Å². The topological polar surface area (TPSA) is 29.3 Å². The lowest BCUT2D eigenvalue weighted by Gasteiger charge is -2.20. The molecule has 0 aliphatic carbocycles. The molecule has 0 atom stereocenters. The first kappa shape index (κ1) is 12.7. The van der Waals surface area contributed by atoms with E-state index in [-0.39, 0.29) is 5.82 Å². The number of nitrogens with zero attached hydrogens (tertiary/aromatic N) is 1. The highest BCUT2D eigenvalue weighted by atomic mass is 35.5. The fraction of sp³-hybridized carbons (Fsp3) is 0.143. The van der Waals surface area contributed by atoms with Crippen LogP contribution in [-0.4, -0.2) is 7.05 Å². The first-order chi connectivity index (χ1) is 8.56. The van der Waals surface area contributed by atoms with E-state index in [9.17, 15) is 4.39 Å². The molecule has 2 N–H and O–H groups in total. The molecule has 0 saturated carbocycles. The zero-order valence-corrected chi connectivity index (χ0v) is 10.8. The molecule has 2 aromatic rings. The van der Waals surface area contributed by atoms with Crippen molar-refractivity contribution in [3.63, 3.8) is 0 Å². The smallest absolute Gasteiger partial charge is 0.128 e. The summed E-state index contributed by atoms with van der Waals surface area (Å²) in [6.45, 7) is 0.455. The minimum atomic E-state index is -0.248. The molecule has 2 aromatic carbocycles. The van der Waals surface area contributed by atoms with Gasteiger partial charge in [-0.1, -0.05) is 11.6 Å². The summed E-state index contributed by atoms with van der Waals surface area (Å²) in [6.07, 6.45) is 0. The Labute approximate surface area is 111 Å². The number of halogens is 2. The van der Waals surface area contributed by atoms with Crippen molar-refractivity contribution in [3.8, 4) is 0 Å². The van der Waals surface area contributed by atoms with Crippen LogP contribution in [0.4, 0.5) is 15.8 Å². The van der Waals surface area contributed by atoms with Gasteiger partial charge >= 0.3 is 0 Å². The second-order valence-electron chi connectivity index (χ2n) is 4.18. The number of rotatable bonds is 3. The van der Waals surface area contributed by atoms with Crippen molar-refractivity contribution in [3.05, 3.63) is 58.9 Å². The lowest BCUT2D eigenvalue weighted by Crippen LogP contribution is -2.17. The lowest BCUT2D eigenvalue weighted by atomic mass is 10.2. The van der Waals surface area contributed by atoms with Crippen molar-refractivity contribution in [1.82, 2.24) is 0 Å². The maximum Gasteiger partial charge on any atom is 0.128 e. The number of hydrogen-bond acceptors (Lipinski definition) is 2. The van der Waals surface area contributed by atoms with Gasteiger partial charge in [-0.3, -0.25) is 0 Å². The molecule has 0 unspecified atom stereocenters. The van der Waals surface area contributed by atoms with E-state index in [1.165, 1.54) is 6.07 Å². The zero-order valence-electron chi connectivity index (χ0n) is 10.0. The summed E-state index contributed by atoms with van der Waals surface area (Å²) in [5, 5.41) is 0.539. The fourth-order valence-electron chi connectivity index (χ4n) is 1.74. The Kier molecular flexibility index (Phi) is 3.72. The third kappa shape index (κ3) is 2.93. The normalized spacial score (nSPS) is 10.4. The maximum atomic E-state index is 13.6. The van der Waals surface area contributed by atoms with Crippen LogP contribution in [-0.2, 0) is 6.54 Å². The number of nitrogens with two attached hydrogens (primary N) is 1. The highest BCUT2D eigenvalue weighted by Crippen LogP contribution is 2.20. The first-order valence-corrected chi connectivity index (χ1v) is 5.94. The largest absolute Gasteiger partial charge is 0.399 e. The van der Waals surface area contributed by atoms with Crippen molar-refractivity contribution in [2.45, 2.75) is 6.54 Å². The second-order valence-corrected chi connectivity index (χ2v) is 4.62. The third-order valence-electron chi connectivity index (χ3n) is 2.75. The molecule has 4 heteroatoms. The SMILES string of the molecule is CN(Cc1cc(Cl)ccc1F)c1ccc(N)cc1. The molecule has 2 nitrogen and oxygen atoms in total. The minimum absolute atomic E-state index is 0.248. The van der Waals surface area contributed by atoms with Gasteiger partial charge in [-0.2, -0.15) is 0 Å². The summed E-state index contributed by atoms with van der Waals surface area (Å²) < 4.78 is 13.6. The highest BCUT2D eigenvalue weighted by Gasteiger charge is 2.07. The standard InChI is InChI=1S/C14H14ClFN2/c1-18(13-5-3-12(17)4-6-13)9-10-8-11(15)2-7-14(10)16/h2-8H,9,17H2,1H3. The van der Waals surface area contributed by atoms with E-state index >= 15 is 0 Å². The molecule has 94 valence electrons. The molecular weight excluding hydrogens is 251 g/mol. The van der Waals surface area contributed by atoms with Gasteiger partial charge in [-0.15, -0.1) is 0 Å². The molecule has 0 bridgehead atoms. The highest BCUT2D eigenvalue weighted by molar-refractivity contribution is 6.30. The van der Waals surface area contributed by atoms with Gasteiger partial charge in [0, 0.05) is 35.6 Å². The van der Waals surface area contributed by atoms with Gasteiger partial charge in [0.25, 0.3) is 0 Å². The van der Waals surface area contributed by atoms with Gasteiger partial charge in [0.15, 0.2) is 0 Å². The Morgan fingerprint density at radius 3 is 2.50 bits per heavy atom. The van der Waals surface area contributed by atoms with Crippen molar-refractivity contribution in [1.29, 1.82) is 0 Å². The van der Waals surface area contributed by atoms with Crippen molar-refractivity contribution < 1.29 is 4.39 Å². The van der Waals surface area contributed by atoms with E-state index in [2.05, 4.69) is 0 Å². The monoisotopic (exact) mass is 264 g/mol. The van der Waals surface area contributed by atoms with Crippen LogP contribution in [0.5, 0.6) is 0 Å². The summed E-state index contributed by atoms with van der Waals surface area (Å²) in [4.78, 5) is 1.94. The van der Waals surface area contributed by atoms with Crippen LogP contribution >= 0.6 is 11.6 Å². The van der Waals surface area contributed by atoms with Crippen LogP contribution in [0.3, 0.4) is 0 Å². The molecular formula is C14H14ClFN2. The molecule has 2 rings (SSSR count). The van der Waals surface area contributed by atoms with Crippen LogP contribution in [0.2, 0.25) is 5.02 Å². The van der Waals surface area contributed by atoms with Crippen molar-refractivity contribution >= 4 is 23.0 Å². The number of nitrogen functional groups attached to an aromatic ring is 1. The van der Waals surface area contributed by atoms with E-state index in [1.807, 2.05) is 36.2 Å². The van der Waals surface area contributed by atoms with Gasteiger partial charge in [0.05, 0.1) is 0 Å². The van der Waals surface area contributed by atoms with Crippen molar-refractivity contribution in [2.75, 3.05) is 17.7 Å². The summed E-state index contributed by atoms with van der Waals surface area (Å²) in [5.41, 5.74) is 7.88. The molecule has 0 aliphatic rings. The molecule has 18 heavy (non-hydrogen) atoms. The van der Waals surface area contributed by atoms with E-state index in [0.29, 0.717) is 22.8 Å². The van der Waals surface area contributed by atoms with Crippen molar-refractivity contribution in [2.24, 2.45) is 0 Å². The predicted octanol–water partition coefficient (Wildman–Crippen LogP) is 3.70. The quantitative estimate of drug-likeness (QED) is 0.857. The third-order valence-corrected chi connectivity index (χ3v) is 2.98. The van der Waals surface area contributed by atoms with Gasteiger partial charge in [-0.25, -0.2) is 4.39 Å². The average molecular weight is 265 g/mol. The van der Waals surface area contributed by atoms with E-state index in [1.54, 1.807) is 12.1 Å². The second kappa shape index (κ2) is 5.27. The summed E-state index contributed by atoms with van der Waals surface area (Å²) in [7, 11) is 1.89. The number of hydrogen-bond donors (Lipinski definition) is 1. The molecule has 0 saturated heterocycles. The Hall–Kier alpha value is -1.74. The van der Waals surface area contributed by atoms with Crippen LogP contribution in [0.15, 0.2) is 42.5 Å². The zero-order chi connectivity index (χ0) is 13.1. The molecule has 0 aromatic heterocycles. The molecule has 0 radical (unpaired) electrons. The Bertz CT molecular complexity index is 540. The maximum absolute atomic E-state index is 13.6. The van der Waals surface area contributed by atoms with Gasteiger partial charge in [0.2, 0.25) is 0 Å². The minimum Gasteiger partial charge on any atom is -0.399 e. The van der Waals surface area contributed by atoms with Gasteiger partial charge < -0.3 is 10.6 Å². The fourth-order valence-corrected chi connectivity index (χ4v) is 1.93. The molecule has 0 aliphatic heterocycles. The van der Waals surface area contributed by atoms with Crippen LogP contribution in [0, 0.1) is 5.82 Å². The summed E-state index contributed by atoms with van der Waals surface area (Å²) in [5.74, 6) is -0.248. The predicted molar refractivity (Wildman–Crippen MR) is 74.4 cm³/mol. The summed E-state index contributed by atoms with van der Waals surface area (Å²) in [6, 6.07) is 12.0. The number of anilines is 2. The first-order valence-electron chi connectivity index (χ1n) is 5.57. The molecule has 0 spiro atoms. The Morgan fingerprint density at radius 2 is 1.83 bits per heavy atom. The Morgan fingerprint density at radius 1 is 1.17 bits per heavy atom. The Balaban J connectivity index is 2.18. The van der Waals surface area contributed by atoms with E-state index in [4.69, 9.17) is 17.3 Å². The van der Waals surface area contributed by atoms with E-state index < -0.39 is 0 Å².